The normalized spacial score (nSPS) is 20.1. The van der Waals surface area contributed by atoms with Crippen LogP contribution in [0.15, 0.2) is 52.3 Å². The predicted octanol–water partition coefficient (Wildman–Crippen LogP) is 1.21. The Kier molecular flexibility index (Phi) is 3.04. The lowest BCUT2D eigenvalue weighted by molar-refractivity contribution is 0.602. The Labute approximate surface area is 101 Å². The van der Waals surface area contributed by atoms with E-state index in [1.165, 1.54) is 12.1 Å². The highest BCUT2D eigenvalue weighted by Crippen LogP contribution is 2.24. The number of nitrogen functional groups attached to an aromatic ring is 1. The molecular weight excluding hydrogens is 236 g/mol. The van der Waals surface area contributed by atoms with Gasteiger partial charge in [0.25, 0.3) is 0 Å². The van der Waals surface area contributed by atoms with Gasteiger partial charge >= 0.3 is 0 Å². The molecule has 1 atom stereocenters. The van der Waals surface area contributed by atoms with E-state index in [0.29, 0.717) is 17.0 Å². The van der Waals surface area contributed by atoms with Crippen molar-refractivity contribution in [3.8, 4) is 0 Å². The van der Waals surface area contributed by atoms with Gasteiger partial charge in [-0.2, -0.15) is 0 Å². The number of allylic oxidation sites excluding steroid dienone is 1. The summed E-state index contributed by atoms with van der Waals surface area (Å²) in [5.74, 6) is 0. The van der Waals surface area contributed by atoms with Crippen LogP contribution in [0.25, 0.3) is 0 Å². The van der Waals surface area contributed by atoms with Gasteiger partial charge in [-0.05, 0) is 36.8 Å². The summed E-state index contributed by atoms with van der Waals surface area (Å²) >= 11 is 0. The van der Waals surface area contributed by atoms with Gasteiger partial charge in [0.2, 0.25) is 9.84 Å². The molecule has 0 bridgehead atoms. The molecule has 1 aliphatic carbocycles. The van der Waals surface area contributed by atoms with Crippen LogP contribution in [0.1, 0.15) is 6.42 Å². The highest BCUT2D eigenvalue weighted by atomic mass is 32.2. The minimum atomic E-state index is -3.44. The second kappa shape index (κ2) is 4.35. The Morgan fingerprint density at radius 1 is 1.18 bits per heavy atom. The summed E-state index contributed by atoms with van der Waals surface area (Å²) in [6, 6.07) is 6.07. The number of hydrogen-bond acceptors (Lipinski definition) is 4. The van der Waals surface area contributed by atoms with Gasteiger partial charge in [-0.3, -0.25) is 0 Å². The smallest absolute Gasteiger partial charge is 0.206 e. The second-order valence-corrected chi connectivity index (χ2v) is 5.89. The third-order valence-electron chi connectivity index (χ3n) is 2.60. The molecule has 4 N–H and O–H groups in total. The molecule has 5 heteroatoms. The lowest BCUT2D eigenvalue weighted by Gasteiger charge is -2.12. The maximum absolute atomic E-state index is 12.2. The standard InChI is InChI=1S/C12H14N2O2S/c13-9-1-5-11(6-2-9)17(15,16)12-7-3-10(14)4-8-12/h1-3,5-8,10H,4,13-14H2. The van der Waals surface area contributed by atoms with Gasteiger partial charge in [0.05, 0.1) is 9.80 Å². The van der Waals surface area contributed by atoms with Gasteiger partial charge in [0.15, 0.2) is 0 Å². The van der Waals surface area contributed by atoms with Gasteiger partial charge in [0.1, 0.15) is 0 Å². The molecule has 1 aliphatic rings. The van der Waals surface area contributed by atoms with E-state index in [2.05, 4.69) is 0 Å². The molecule has 1 aromatic rings. The molecule has 1 aromatic carbocycles. The highest BCUT2D eigenvalue weighted by Gasteiger charge is 2.20. The van der Waals surface area contributed by atoms with E-state index in [9.17, 15) is 8.42 Å². The molecule has 0 saturated carbocycles. The number of hydrogen-bond donors (Lipinski definition) is 2. The summed E-state index contributed by atoms with van der Waals surface area (Å²) in [5.41, 5.74) is 11.7. The predicted molar refractivity (Wildman–Crippen MR) is 67.9 cm³/mol. The van der Waals surface area contributed by atoms with Gasteiger partial charge in [0, 0.05) is 11.7 Å². The fourth-order valence-corrected chi connectivity index (χ4v) is 2.94. The van der Waals surface area contributed by atoms with Crippen LogP contribution in [0.2, 0.25) is 0 Å². The molecule has 1 unspecified atom stereocenters. The average molecular weight is 250 g/mol. The molecule has 0 radical (unpaired) electrons. The Hall–Kier alpha value is -1.59. The summed E-state index contributed by atoms with van der Waals surface area (Å²) in [5, 5.41) is 0. The topological polar surface area (TPSA) is 86.2 Å². The quantitative estimate of drug-likeness (QED) is 0.772. The molecule has 0 amide bonds. The van der Waals surface area contributed by atoms with Crippen LogP contribution in [0.4, 0.5) is 5.69 Å². The highest BCUT2D eigenvalue weighted by molar-refractivity contribution is 7.95. The van der Waals surface area contributed by atoms with Gasteiger partial charge < -0.3 is 11.5 Å². The monoisotopic (exact) mass is 250 g/mol. The molecule has 0 aliphatic heterocycles. The van der Waals surface area contributed by atoms with Crippen molar-refractivity contribution in [2.45, 2.75) is 17.4 Å². The molecule has 0 fully saturated rings. The van der Waals surface area contributed by atoms with Crippen LogP contribution >= 0.6 is 0 Å². The summed E-state index contributed by atoms with van der Waals surface area (Å²) in [6.45, 7) is 0. The molecule has 2 rings (SSSR count). The van der Waals surface area contributed by atoms with Crippen molar-refractivity contribution in [3.05, 3.63) is 47.4 Å². The maximum atomic E-state index is 12.2. The Morgan fingerprint density at radius 2 is 1.82 bits per heavy atom. The lowest BCUT2D eigenvalue weighted by Crippen LogP contribution is -2.19. The van der Waals surface area contributed by atoms with Crippen molar-refractivity contribution in [2.24, 2.45) is 5.73 Å². The van der Waals surface area contributed by atoms with Crippen LogP contribution in [0.3, 0.4) is 0 Å². The minimum absolute atomic E-state index is 0.0969. The molecule has 17 heavy (non-hydrogen) atoms. The first-order valence-electron chi connectivity index (χ1n) is 5.25. The van der Waals surface area contributed by atoms with Gasteiger partial charge in [-0.1, -0.05) is 12.2 Å². The second-order valence-electron chi connectivity index (χ2n) is 3.94. The number of sulfone groups is 1. The van der Waals surface area contributed by atoms with Crippen molar-refractivity contribution >= 4 is 15.5 Å². The Bertz CT molecular complexity index is 571. The zero-order valence-corrected chi connectivity index (χ0v) is 10.0. The molecule has 0 heterocycles. The van der Waals surface area contributed by atoms with Crippen molar-refractivity contribution in [1.82, 2.24) is 0 Å². The average Bonchev–Trinajstić information content (AvgIpc) is 2.30. The van der Waals surface area contributed by atoms with Gasteiger partial charge in [-0.25, -0.2) is 8.42 Å². The SMILES string of the molecule is Nc1ccc(S(=O)(=O)C2=CCC(N)C=C2)cc1. The Morgan fingerprint density at radius 3 is 2.35 bits per heavy atom. The third-order valence-corrected chi connectivity index (χ3v) is 4.42. The molecule has 0 saturated heterocycles. The minimum Gasteiger partial charge on any atom is -0.399 e. The van der Waals surface area contributed by atoms with E-state index in [0.717, 1.165) is 0 Å². The maximum Gasteiger partial charge on any atom is 0.206 e. The molecule has 4 nitrogen and oxygen atoms in total. The van der Waals surface area contributed by atoms with E-state index in [1.807, 2.05) is 0 Å². The number of benzene rings is 1. The summed E-state index contributed by atoms with van der Waals surface area (Å²) < 4.78 is 24.4. The summed E-state index contributed by atoms with van der Waals surface area (Å²) in [4.78, 5) is 0.544. The first kappa shape index (κ1) is 11.9. The van der Waals surface area contributed by atoms with Crippen LogP contribution in [0.5, 0.6) is 0 Å². The van der Waals surface area contributed by atoms with Crippen LogP contribution in [-0.4, -0.2) is 14.5 Å². The number of nitrogens with two attached hydrogens (primary N) is 2. The van der Waals surface area contributed by atoms with Gasteiger partial charge in [-0.15, -0.1) is 0 Å². The third kappa shape index (κ3) is 2.40. The van der Waals surface area contributed by atoms with E-state index in [1.54, 1.807) is 30.4 Å². The van der Waals surface area contributed by atoms with Crippen molar-refractivity contribution in [2.75, 3.05) is 5.73 Å². The summed E-state index contributed by atoms with van der Waals surface area (Å²) in [6.07, 6.45) is 5.44. The first-order chi connectivity index (χ1) is 8.00. The molecule has 90 valence electrons. The zero-order chi connectivity index (χ0) is 12.5. The van der Waals surface area contributed by atoms with E-state index < -0.39 is 9.84 Å². The lowest BCUT2D eigenvalue weighted by atomic mass is 10.1. The molecular formula is C12H14N2O2S. The first-order valence-corrected chi connectivity index (χ1v) is 6.73. The van der Waals surface area contributed by atoms with Crippen molar-refractivity contribution < 1.29 is 8.42 Å². The van der Waals surface area contributed by atoms with Crippen molar-refractivity contribution in [1.29, 1.82) is 0 Å². The fraction of sp³-hybridized carbons (Fsp3) is 0.167. The zero-order valence-electron chi connectivity index (χ0n) is 9.21. The van der Waals surface area contributed by atoms with Crippen molar-refractivity contribution in [3.63, 3.8) is 0 Å². The number of rotatable bonds is 2. The Balaban J connectivity index is 2.38. The van der Waals surface area contributed by atoms with Crippen LogP contribution in [-0.2, 0) is 9.84 Å². The largest absolute Gasteiger partial charge is 0.399 e. The van der Waals surface area contributed by atoms with E-state index in [-0.39, 0.29) is 10.9 Å². The van der Waals surface area contributed by atoms with E-state index >= 15 is 0 Å². The van der Waals surface area contributed by atoms with Crippen LogP contribution in [0, 0.1) is 0 Å². The van der Waals surface area contributed by atoms with Crippen LogP contribution < -0.4 is 11.5 Å². The molecule has 0 aromatic heterocycles. The molecule has 0 spiro atoms. The summed E-state index contributed by atoms with van der Waals surface area (Å²) in [7, 11) is -3.44. The van der Waals surface area contributed by atoms with E-state index in [4.69, 9.17) is 11.5 Å². The fourth-order valence-electron chi connectivity index (χ4n) is 1.60. The number of anilines is 1.